The molecule has 0 saturated heterocycles. The van der Waals surface area contributed by atoms with E-state index in [1.807, 2.05) is 6.07 Å². The quantitative estimate of drug-likeness (QED) is 0.760. The lowest BCUT2D eigenvalue weighted by atomic mass is 10.2. The molecular formula is C18H18N2O5S. The Kier molecular flexibility index (Phi) is 6.72. The zero-order valence-corrected chi connectivity index (χ0v) is 15.0. The molecule has 7 nitrogen and oxygen atoms in total. The topological polar surface area (TPSA) is 105 Å². The fourth-order valence-electron chi connectivity index (χ4n) is 2.08. The number of hydrogen-bond donors (Lipinski definition) is 1. The molecule has 1 N–H and O–H groups in total. The van der Waals surface area contributed by atoms with E-state index in [9.17, 15) is 13.2 Å². The van der Waals surface area contributed by atoms with Crippen molar-refractivity contribution in [1.82, 2.24) is 0 Å². The number of amides is 1. The van der Waals surface area contributed by atoms with Crippen LogP contribution in [-0.2, 0) is 14.6 Å². The van der Waals surface area contributed by atoms with Crippen molar-refractivity contribution < 1.29 is 22.7 Å². The van der Waals surface area contributed by atoms with E-state index in [-0.39, 0.29) is 29.8 Å². The average molecular weight is 374 g/mol. The van der Waals surface area contributed by atoms with Crippen molar-refractivity contribution in [3.8, 4) is 11.8 Å². The van der Waals surface area contributed by atoms with E-state index in [1.165, 1.54) is 31.4 Å². The molecule has 26 heavy (non-hydrogen) atoms. The summed E-state index contributed by atoms with van der Waals surface area (Å²) < 4.78 is 34.0. The van der Waals surface area contributed by atoms with Gasteiger partial charge in [-0.1, -0.05) is 0 Å². The molecular weight excluding hydrogens is 356 g/mol. The van der Waals surface area contributed by atoms with Gasteiger partial charge in [-0.3, -0.25) is 4.79 Å². The van der Waals surface area contributed by atoms with Crippen molar-refractivity contribution in [2.45, 2.75) is 4.90 Å². The monoisotopic (exact) mass is 374 g/mol. The number of nitrogens with zero attached hydrogens (tertiary/aromatic N) is 1. The van der Waals surface area contributed by atoms with Crippen LogP contribution >= 0.6 is 0 Å². The fraction of sp³-hybridized carbons (Fsp3) is 0.222. The number of ether oxygens (including phenoxy) is 2. The number of nitrogens with one attached hydrogen (secondary N) is 1. The SMILES string of the molecule is COCCS(=O)(=O)c1ccc(C(=O)Nc2ccc(OCC#N)cc2)cc1. The van der Waals surface area contributed by atoms with Gasteiger partial charge in [0.15, 0.2) is 16.4 Å². The number of nitriles is 1. The predicted molar refractivity (Wildman–Crippen MR) is 95.9 cm³/mol. The Labute approximate surface area is 152 Å². The minimum atomic E-state index is -3.43. The van der Waals surface area contributed by atoms with Crippen molar-refractivity contribution >= 4 is 21.4 Å². The molecule has 8 heteroatoms. The van der Waals surface area contributed by atoms with Gasteiger partial charge in [0.2, 0.25) is 0 Å². The van der Waals surface area contributed by atoms with Gasteiger partial charge in [0, 0.05) is 18.4 Å². The summed E-state index contributed by atoms with van der Waals surface area (Å²) in [5, 5.41) is 11.2. The third-order valence-electron chi connectivity index (χ3n) is 3.45. The molecule has 136 valence electrons. The second kappa shape index (κ2) is 8.99. The summed E-state index contributed by atoms with van der Waals surface area (Å²) in [6, 6.07) is 14.2. The molecule has 0 aromatic heterocycles. The molecule has 0 bridgehead atoms. The third-order valence-corrected chi connectivity index (χ3v) is 5.14. The number of sulfone groups is 1. The number of carbonyl (C=O) groups is 1. The van der Waals surface area contributed by atoms with Crippen LogP contribution in [0, 0.1) is 11.3 Å². The van der Waals surface area contributed by atoms with Crippen molar-refractivity contribution in [3.63, 3.8) is 0 Å². The number of methoxy groups -OCH3 is 1. The van der Waals surface area contributed by atoms with Crippen LogP contribution in [0.25, 0.3) is 0 Å². The van der Waals surface area contributed by atoms with Gasteiger partial charge < -0.3 is 14.8 Å². The molecule has 0 spiro atoms. The van der Waals surface area contributed by atoms with Gasteiger partial charge in [0.1, 0.15) is 11.8 Å². The highest BCUT2D eigenvalue weighted by molar-refractivity contribution is 7.91. The Balaban J connectivity index is 2.03. The van der Waals surface area contributed by atoms with Gasteiger partial charge >= 0.3 is 0 Å². The van der Waals surface area contributed by atoms with Crippen molar-refractivity contribution in [2.24, 2.45) is 0 Å². The van der Waals surface area contributed by atoms with Gasteiger partial charge in [-0.2, -0.15) is 5.26 Å². The van der Waals surface area contributed by atoms with Crippen molar-refractivity contribution in [1.29, 1.82) is 5.26 Å². The van der Waals surface area contributed by atoms with Gasteiger partial charge in [-0.25, -0.2) is 8.42 Å². The van der Waals surface area contributed by atoms with Crippen LogP contribution in [0.3, 0.4) is 0 Å². The third kappa shape index (κ3) is 5.31. The zero-order chi connectivity index (χ0) is 19.0. The summed E-state index contributed by atoms with van der Waals surface area (Å²) in [7, 11) is -1.99. The standard InChI is InChI=1S/C18H18N2O5S/c1-24-12-13-26(22,23)17-8-2-14(3-9-17)18(21)20-15-4-6-16(7-5-15)25-11-10-19/h2-9H,11-13H2,1H3,(H,20,21). The minimum Gasteiger partial charge on any atom is -0.479 e. The summed E-state index contributed by atoms with van der Waals surface area (Å²) >= 11 is 0. The van der Waals surface area contributed by atoms with Crippen molar-refractivity contribution in [3.05, 3.63) is 54.1 Å². The normalized spacial score (nSPS) is 10.8. The smallest absolute Gasteiger partial charge is 0.255 e. The van der Waals surface area contributed by atoms with Crippen LogP contribution in [0.15, 0.2) is 53.4 Å². The van der Waals surface area contributed by atoms with Crippen molar-refractivity contribution in [2.75, 3.05) is 31.4 Å². The maximum atomic E-state index is 12.2. The maximum Gasteiger partial charge on any atom is 0.255 e. The molecule has 0 aliphatic rings. The highest BCUT2D eigenvalue weighted by Crippen LogP contribution is 2.17. The molecule has 0 radical (unpaired) electrons. The number of hydrogen-bond acceptors (Lipinski definition) is 6. The molecule has 0 aliphatic carbocycles. The Bertz CT molecular complexity index is 885. The molecule has 2 aromatic carbocycles. The first-order chi connectivity index (χ1) is 12.5. The van der Waals surface area contributed by atoms with E-state index >= 15 is 0 Å². The zero-order valence-electron chi connectivity index (χ0n) is 14.1. The highest BCUT2D eigenvalue weighted by atomic mass is 32.2. The summed E-state index contributed by atoms with van der Waals surface area (Å²) in [6.07, 6.45) is 0. The number of carbonyl (C=O) groups excluding carboxylic acids is 1. The van der Waals surface area contributed by atoms with Gasteiger partial charge in [-0.15, -0.1) is 0 Å². The average Bonchev–Trinajstić information content (AvgIpc) is 2.66. The lowest BCUT2D eigenvalue weighted by Crippen LogP contribution is -2.14. The fourth-order valence-corrected chi connectivity index (χ4v) is 3.25. The lowest BCUT2D eigenvalue weighted by Gasteiger charge is -2.08. The molecule has 1 amide bonds. The van der Waals surface area contributed by atoms with Crippen LogP contribution < -0.4 is 10.1 Å². The Morgan fingerprint density at radius 1 is 1.12 bits per heavy atom. The molecule has 0 atom stereocenters. The first-order valence-corrected chi connectivity index (χ1v) is 9.34. The largest absolute Gasteiger partial charge is 0.479 e. The van der Waals surface area contributed by atoms with E-state index in [0.29, 0.717) is 17.0 Å². The lowest BCUT2D eigenvalue weighted by molar-refractivity contribution is 0.102. The molecule has 0 fully saturated rings. The maximum absolute atomic E-state index is 12.2. The Morgan fingerprint density at radius 3 is 2.35 bits per heavy atom. The van der Waals surface area contributed by atoms with Gasteiger partial charge in [-0.05, 0) is 48.5 Å². The Hall–Kier alpha value is -2.89. The van der Waals surface area contributed by atoms with E-state index in [1.54, 1.807) is 24.3 Å². The van der Waals surface area contributed by atoms with Crippen LogP contribution in [0.4, 0.5) is 5.69 Å². The Morgan fingerprint density at radius 2 is 1.77 bits per heavy atom. The summed E-state index contributed by atoms with van der Waals surface area (Å²) in [6.45, 7) is 0.0595. The number of benzene rings is 2. The summed E-state index contributed by atoms with van der Waals surface area (Å²) in [5.74, 6) is 0.0432. The minimum absolute atomic E-state index is 0.0503. The summed E-state index contributed by atoms with van der Waals surface area (Å²) in [4.78, 5) is 12.4. The van der Waals surface area contributed by atoms with Crippen LogP contribution in [-0.4, -0.2) is 40.4 Å². The molecule has 0 unspecified atom stereocenters. The van der Waals surface area contributed by atoms with Crippen LogP contribution in [0.1, 0.15) is 10.4 Å². The number of anilines is 1. The van der Waals surface area contributed by atoms with Crippen LogP contribution in [0.5, 0.6) is 5.75 Å². The van der Waals surface area contributed by atoms with Gasteiger partial charge in [0.05, 0.1) is 17.3 Å². The first-order valence-electron chi connectivity index (χ1n) is 7.69. The highest BCUT2D eigenvalue weighted by Gasteiger charge is 2.15. The van der Waals surface area contributed by atoms with E-state index < -0.39 is 9.84 Å². The van der Waals surface area contributed by atoms with E-state index in [4.69, 9.17) is 14.7 Å². The van der Waals surface area contributed by atoms with E-state index in [2.05, 4.69) is 5.32 Å². The second-order valence-electron chi connectivity index (χ2n) is 5.26. The molecule has 0 saturated carbocycles. The van der Waals surface area contributed by atoms with Crippen LogP contribution in [0.2, 0.25) is 0 Å². The van der Waals surface area contributed by atoms with E-state index in [0.717, 1.165) is 0 Å². The van der Waals surface area contributed by atoms with Gasteiger partial charge in [0.25, 0.3) is 5.91 Å². The molecule has 2 aromatic rings. The second-order valence-corrected chi connectivity index (χ2v) is 7.37. The summed E-state index contributed by atoms with van der Waals surface area (Å²) in [5.41, 5.74) is 0.886. The molecule has 2 rings (SSSR count). The molecule has 0 heterocycles. The number of rotatable bonds is 8. The first kappa shape index (κ1) is 19.4. The predicted octanol–water partition coefficient (Wildman–Crippen LogP) is 2.26. The molecule has 0 aliphatic heterocycles.